The zero-order valence-corrected chi connectivity index (χ0v) is 10.6. The fraction of sp³-hybridized carbons (Fsp3) is 0.267. The number of nitrogens with zero attached hydrogens (tertiary/aromatic N) is 1. The number of likely N-dealkylation sites (N-methyl/N-ethyl adjacent to an activating group) is 1. The van der Waals surface area contributed by atoms with Crippen LogP contribution in [0.15, 0.2) is 42.5 Å². The highest BCUT2D eigenvalue weighted by Crippen LogP contribution is 2.15. The molecule has 0 aliphatic carbocycles. The van der Waals surface area contributed by atoms with Crippen molar-refractivity contribution in [1.29, 1.82) is 0 Å². The van der Waals surface area contributed by atoms with Gasteiger partial charge in [-0.15, -0.1) is 0 Å². The Bertz CT molecular complexity index is 551. The first-order chi connectivity index (χ1) is 8.65. The van der Waals surface area contributed by atoms with Gasteiger partial charge in [-0.05, 0) is 29.8 Å². The molecule has 0 unspecified atom stereocenters. The van der Waals surface area contributed by atoms with Crippen molar-refractivity contribution in [3.05, 3.63) is 48.0 Å². The van der Waals surface area contributed by atoms with Crippen LogP contribution in [0, 0.1) is 0 Å². The summed E-state index contributed by atoms with van der Waals surface area (Å²) < 4.78 is 0. The highest BCUT2D eigenvalue weighted by Gasteiger charge is 2.03. The summed E-state index contributed by atoms with van der Waals surface area (Å²) in [7, 11) is 1.91. The summed E-state index contributed by atoms with van der Waals surface area (Å²) in [5.74, 6) is -0.281. The van der Waals surface area contributed by atoms with Crippen LogP contribution >= 0.6 is 0 Å². The predicted molar refractivity (Wildman–Crippen MR) is 74.3 cm³/mol. The number of rotatable bonds is 5. The number of fused-ring (bicyclic) bond motifs is 1. The number of nitrogens with two attached hydrogens (primary N) is 1. The van der Waals surface area contributed by atoms with Crippen LogP contribution in [0.25, 0.3) is 10.8 Å². The zero-order valence-electron chi connectivity index (χ0n) is 10.6. The van der Waals surface area contributed by atoms with Crippen molar-refractivity contribution in [3.8, 4) is 0 Å². The smallest absolute Gasteiger partial charge is 0.231 e. The van der Waals surface area contributed by atoms with E-state index in [0.29, 0.717) is 6.54 Å². The Morgan fingerprint density at radius 3 is 2.61 bits per heavy atom. The summed E-state index contributed by atoms with van der Waals surface area (Å²) in [4.78, 5) is 12.7. The van der Waals surface area contributed by atoms with Gasteiger partial charge in [0.15, 0.2) is 0 Å². The molecule has 2 rings (SSSR count). The minimum absolute atomic E-state index is 0.281. The lowest BCUT2D eigenvalue weighted by atomic mass is 10.1. The normalized spacial score (nSPS) is 11.0. The highest BCUT2D eigenvalue weighted by molar-refractivity contribution is 5.83. The van der Waals surface area contributed by atoms with Gasteiger partial charge in [-0.3, -0.25) is 9.69 Å². The SMILES string of the molecule is CN(CCc1ccc2ccccc2c1)CC(N)=O. The van der Waals surface area contributed by atoms with Crippen molar-refractivity contribution in [2.75, 3.05) is 20.1 Å². The van der Waals surface area contributed by atoms with Crippen molar-refractivity contribution >= 4 is 16.7 Å². The van der Waals surface area contributed by atoms with Gasteiger partial charge < -0.3 is 5.73 Å². The number of carbonyl (C=O) groups is 1. The lowest BCUT2D eigenvalue weighted by molar-refractivity contribution is -0.118. The second-order valence-electron chi connectivity index (χ2n) is 4.64. The van der Waals surface area contributed by atoms with Crippen LogP contribution in [0.4, 0.5) is 0 Å². The van der Waals surface area contributed by atoms with E-state index in [9.17, 15) is 4.79 Å². The van der Waals surface area contributed by atoms with Crippen molar-refractivity contribution in [2.45, 2.75) is 6.42 Å². The number of carbonyl (C=O) groups excluding carboxylic acids is 1. The average Bonchev–Trinajstić information content (AvgIpc) is 2.35. The number of hydrogen-bond donors (Lipinski definition) is 1. The van der Waals surface area contributed by atoms with E-state index in [1.165, 1.54) is 16.3 Å². The second kappa shape index (κ2) is 5.65. The third-order valence-electron chi connectivity index (χ3n) is 3.02. The Labute approximate surface area is 107 Å². The van der Waals surface area contributed by atoms with Crippen LogP contribution in [-0.2, 0) is 11.2 Å². The summed E-state index contributed by atoms with van der Waals surface area (Å²) in [5, 5.41) is 2.51. The van der Waals surface area contributed by atoms with Gasteiger partial charge in [-0.25, -0.2) is 0 Å². The predicted octanol–water partition coefficient (Wildman–Crippen LogP) is 1.80. The molecule has 0 saturated heterocycles. The van der Waals surface area contributed by atoms with E-state index in [1.807, 2.05) is 24.1 Å². The largest absolute Gasteiger partial charge is 0.369 e. The Balaban J connectivity index is 2.01. The Kier molecular flexibility index (Phi) is 3.95. The summed E-state index contributed by atoms with van der Waals surface area (Å²) in [6, 6.07) is 14.8. The quantitative estimate of drug-likeness (QED) is 0.869. The van der Waals surface area contributed by atoms with Gasteiger partial charge in [0.2, 0.25) is 5.91 Å². The lowest BCUT2D eigenvalue weighted by Crippen LogP contribution is -2.32. The van der Waals surface area contributed by atoms with Crippen LogP contribution in [0.1, 0.15) is 5.56 Å². The van der Waals surface area contributed by atoms with Crippen molar-refractivity contribution in [2.24, 2.45) is 5.73 Å². The molecule has 0 heterocycles. The molecule has 2 aromatic rings. The minimum atomic E-state index is -0.281. The molecule has 0 saturated carbocycles. The first kappa shape index (κ1) is 12.6. The van der Waals surface area contributed by atoms with Crippen LogP contribution < -0.4 is 5.73 Å². The van der Waals surface area contributed by atoms with Gasteiger partial charge in [-0.2, -0.15) is 0 Å². The zero-order chi connectivity index (χ0) is 13.0. The molecule has 0 aliphatic rings. The van der Waals surface area contributed by atoms with Gasteiger partial charge >= 0.3 is 0 Å². The highest BCUT2D eigenvalue weighted by atomic mass is 16.1. The topological polar surface area (TPSA) is 46.3 Å². The van der Waals surface area contributed by atoms with E-state index in [1.54, 1.807) is 0 Å². The van der Waals surface area contributed by atoms with Crippen molar-refractivity contribution in [1.82, 2.24) is 4.90 Å². The van der Waals surface area contributed by atoms with E-state index in [0.717, 1.165) is 13.0 Å². The van der Waals surface area contributed by atoms with Crippen LogP contribution in [-0.4, -0.2) is 30.9 Å². The summed E-state index contributed by atoms with van der Waals surface area (Å²) in [6.07, 6.45) is 0.925. The van der Waals surface area contributed by atoms with Gasteiger partial charge in [0.05, 0.1) is 6.54 Å². The van der Waals surface area contributed by atoms with Crippen LogP contribution in [0.5, 0.6) is 0 Å². The van der Waals surface area contributed by atoms with E-state index in [2.05, 4.69) is 30.3 Å². The molecule has 0 bridgehead atoms. The molecule has 2 N–H and O–H groups in total. The van der Waals surface area contributed by atoms with Crippen LogP contribution in [0.3, 0.4) is 0 Å². The summed E-state index contributed by atoms with van der Waals surface area (Å²) in [6.45, 7) is 1.15. The maximum Gasteiger partial charge on any atom is 0.231 e. The maximum atomic E-state index is 10.8. The molecule has 3 nitrogen and oxygen atoms in total. The molecule has 0 atom stereocenters. The molecule has 0 aromatic heterocycles. The molecule has 0 aliphatic heterocycles. The molecule has 0 radical (unpaired) electrons. The fourth-order valence-corrected chi connectivity index (χ4v) is 2.06. The standard InChI is InChI=1S/C15H18N2O/c1-17(11-15(16)18)9-8-12-6-7-13-4-2-3-5-14(13)10-12/h2-7,10H,8-9,11H2,1H3,(H2,16,18). The average molecular weight is 242 g/mol. The Hall–Kier alpha value is -1.87. The van der Waals surface area contributed by atoms with Crippen LogP contribution in [0.2, 0.25) is 0 Å². The first-order valence-corrected chi connectivity index (χ1v) is 6.09. The van der Waals surface area contributed by atoms with Gasteiger partial charge in [-0.1, -0.05) is 42.5 Å². The monoisotopic (exact) mass is 242 g/mol. The van der Waals surface area contributed by atoms with E-state index >= 15 is 0 Å². The summed E-state index contributed by atoms with van der Waals surface area (Å²) >= 11 is 0. The molecule has 0 fully saturated rings. The molecule has 1 amide bonds. The molecule has 3 heteroatoms. The fourth-order valence-electron chi connectivity index (χ4n) is 2.06. The van der Waals surface area contributed by atoms with Crippen molar-refractivity contribution in [3.63, 3.8) is 0 Å². The molecular weight excluding hydrogens is 224 g/mol. The third-order valence-corrected chi connectivity index (χ3v) is 3.02. The van der Waals surface area contributed by atoms with E-state index in [4.69, 9.17) is 5.73 Å². The lowest BCUT2D eigenvalue weighted by Gasteiger charge is -2.14. The second-order valence-corrected chi connectivity index (χ2v) is 4.64. The Morgan fingerprint density at radius 2 is 1.89 bits per heavy atom. The van der Waals surface area contributed by atoms with Gasteiger partial charge in [0.25, 0.3) is 0 Å². The maximum absolute atomic E-state index is 10.8. The number of amides is 1. The minimum Gasteiger partial charge on any atom is -0.369 e. The number of hydrogen-bond acceptors (Lipinski definition) is 2. The molecule has 94 valence electrons. The molecular formula is C15H18N2O. The molecule has 18 heavy (non-hydrogen) atoms. The first-order valence-electron chi connectivity index (χ1n) is 6.09. The Morgan fingerprint density at radius 1 is 1.17 bits per heavy atom. The van der Waals surface area contributed by atoms with E-state index in [-0.39, 0.29) is 5.91 Å². The molecule has 2 aromatic carbocycles. The van der Waals surface area contributed by atoms with Gasteiger partial charge in [0, 0.05) is 6.54 Å². The number of primary amides is 1. The number of benzene rings is 2. The van der Waals surface area contributed by atoms with E-state index < -0.39 is 0 Å². The van der Waals surface area contributed by atoms with Gasteiger partial charge in [0.1, 0.15) is 0 Å². The van der Waals surface area contributed by atoms with Crippen molar-refractivity contribution < 1.29 is 4.79 Å². The molecule has 0 spiro atoms. The summed E-state index contributed by atoms with van der Waals surface area (Å²) in [5.41, 5.74) is 6.44. The third kappa shape index (κ3) is 3.31.